The third-order valence-corrected chi connectivity index (χ3v) is 8.18. The molecular weight excluding hydrogens is 430 g/mol. The predicted octanol–water partition coefficient (Wildman–Crippen LogP) is 4.82. The van der Waals surface area contributed by atoms with Crippen molar-refractivity contribution in [3.63, 3.8) is 0 Å². The van der Waals surface area contributed by atoms with Crippen LogP contribution in [-0.2, 0) is 22.9 Å². The number of anilines is 1. The number of aryl methyl sites for hydroxylation is 1. The maximum atomic E-state index is 13.1. The molecule has 1 amide bonds. The molecule has 0 spiro atoms. The molecule has 1 heterocycles. The summed E-state index contributed by atoms with van der Waals surface area (Å²) in [5.74, 6) is 0.831. The average molecular weight is 464 g/mol. The van der Waals surface area contributed by atoms with Crippen LogP contribution in [0.4, 0.5) is 5.13 Å². The van der Waals surface area contributed by atoms with Gasteiger partial charge in [-0.1, -0.05) is 34.6 Å². The van der Waals surface area contributed by atoms with Gasteiger partial charge in [-0.2, -0.15) is 4.31 Å². The molecular formula is C23H33N3O3S2. The van der Waals surface area contributed by atoms with Gasteiger partial charge in [-0.15, -0.1) is 11.3 Å². The SMILES string of the molecule is CC(C)CN(CC(C)C)S(=O)(=O)c1ccc(C(=O)Nc2nc3c(s2)C[C@H](C)CC3)cc1. The molecule has 0 saturated carbocycles. The molecule has 0 saturated heterocycles. The maximum Gasteiger partial charge on any atom is 0.257 e. The first kappa shape index (κ1) is 23.9. The van der Waals surface area contributed by atoms with E-state index in [1.54, 1.807) is 16.4 Å². The second-order valence-electron chi connectivity index (χ2n) is 9.33. The van der Waals surface area contributed by atoms with Crippen molar-refractivity contribution in [2.24, 2.45) is 17.8 Å². The molecule has 6 nitrogen and oxygen atoms in total. The number of hydrogen-bond donors (Lipinski definition) is 1. The van der Waals surface area contributed by atoms with Crippen LogP contribution >= 0.6 is 11.3 Å². The Labute approximate surface area is 190 Å². The molecule has 1 aliphatic carbocycles. The lowest BCUT2D eigenvalue weighted by atomic mass is 9.93. The number of fused-ring (bicyclic) bond motifs is 1. The lowest BCUT2D eigenvalue weighted by Gasteiger charge is -2.25. The van der Waals surface area contributed by atoms with Crippen molar-refractivity contribution in [1.82, 2.24) is 9.29 Å². The third kappa shape index (κ3) is 5.93. The van der Waals surface area contributed by atoms with Crippen LogP contribution < -0.4 is 5.32 Å². The number of nitrogens with zero attached hydrogens (tertiary/aromatic N) is 2. The van der Waals surface area contributed by atoms with Crippen LogP contribution in [0.3, 0.4) is 0 Å². The van der Waals surface area contributed by atoms with Gasteiger partial charge in [0.2, 0.25) is 10.0 Å². The van der Waals surface area contributed by atoms with Crippen molar-refractivity contribution >= 4 is 32.4 Å². The minimum atomic E-state index is -3.61. The van der Waals surface area contributed by atoms with E-state index >= 15 is 0 Å². The Balaban J connectivity index is 1.73. The molecule has 0 bridgehead atoms. The van der Waals surface area contributed by atoms with Gasteiger partial charge in [-0.05, 0) is 61.3 Å². The third-order valence-electron chi connectivity index (χ3n) is 5.30. The van der Waals surface area contributed by atoms with Gasteiger partial charge in [0.1, 0.15) is 0 Å². The Bertz CT molecular complexity index is 1000. The topological polar surface area (TPSA) is 79.4 Å². The summed E-state index contributed by atoms with van der Waals surface area (Å²) < 4.78 is 27.8. The number of sulfonamides is 1. The Morgan fingerprint density at radius 1 is 1.16 bits per heavy atom. The molecule has 0 radical (unpaired) electrons. The van der Waals surface area contributed by atoms with E-state index in [9.17, 15) is 13.2 Å². The highest BCUT2D eigenvalue weighted by Gasteiger charge is 2.26. The fourth-order valence-electron chi connectivity index (χ4n) is 3.78. The van der Waals surface area contributed by atoms with E-state index in [-0.39, 0.29) is 22.6 Å². The number of hydrogen-bond acceptors (Lipinski definition) is 5. The number of thiazole rings is 1. The Morgan fingerprint density at radius 3 is 2.35 bits per heavy atom. The largest absolute Gasteiger partial charge is 0.298 e. The van der Waals surface area contributed by atoms with Crippen LogP contribution in [0, 0.1) is 17.8 Å². The number of carbonyl (C=O) groups is 1. The van der Waals surface area contributed by atoms with Crippen LogP contribution in [0.1, 0.15) is 62.0 Å². The fraction of sp³-hybridized carbons (Fsp3) is 0.565. The van der Waals surface area contributed by atoms with Gasteiger partial charge in [-0.25, -0.2) is 13.4 Å². The lowest BCUT2D eigenvalue weighted by molar-refractivity contribution is 0.102. The van der Waals surface area contributed by atoms with Crippen molar-refractivity contribution in [3.05, 3.63) is 40.4 Å². The summed E-state index contributed by atoms with van der Waals surface area (Å²) in [6, 6.07) is 6.18. The van der Waals surface area contributed by atoms with Crippen molar-refractivity contribution in [2.75, 3.05) is 18.4 Å². The lowest BCUT2D eigenvalue weighted by Crippen LogP contribution is -2.37. The molecule has 2 aromatic rings. The second-order valence-corrected chi connectivity index (χ2v) is 12.3. The summed E-state index contributed by atoms with van der Waals surface area (Å²) in [5.41, 5.74) is 1.51. The highest BCUT2D eigenvalue weighted by Crippen LogP contribution is 2.32. The molecule has 170 valence electrons. The van der Waals surface area contributed by atoms with E-state index in [0.717, 1.165) is 25.0 Å². The monoisotopic (exact) mass is 463 g/mol. The average Bonchev–Trinajstić information content (AvgIpc) is 3.08. The van der Waals surface area contributed by atoms with Crippen LogP contribution in [0.2, 0.25) is 0 Å². The number of nitrogens with one attached hydrogen (secondary N) is 1. The minimum Gasteiger partial charge on any atom is -0.298 e. The molecule has 1 aromatic carbocycles. The second kappa shape index (κ2) is 9.79. The summed E-state index contributed by atoms with van der Waals surface area (Å²) >= 11 is 1.54. The number of aromatic nitrogens is 1. The van der Waals surface area contributed by atoms with E-state index in [0.29, 0.717) is 29.7 Å². The molecule has 0 fully saturated rings. The van der Waals surface area contributed by atoms with E-state index in [2.05, 4.69) is 17.2 Å². The zero-order valence-corrected chi connectivity index (χ0v) is 20.6. The molecule has 8 heteroatoms. The van der Waals surface area contributed by atoms with Gasteiger partial charge in [0.15, 0.2) is 5.13 Å². The van der Waals surface area contributed by atoms with Gasteiger partial charge in [-0.3, -0.25) is 10.1 Å². The zero-order valence-electron chi connectivity index (χ0n) is 19.0. The maximum absolute atomic E-state index is 13.1. The van der Waals surface area contributed by atoms with Gasteiger partial charge in [0, 0.05) is 23.5 Å². The number of amides is 1. The van der Waals surface area contributed by atoms with E-state index in [4.69, 9.17) is 0 Å². The molecule has 0 unspecified atom stereocenters. The molecule has 3 rings (SSSR count). The van der Waals surface area contributed by atoms with Crippen molar-refractivity contribution < 1.29 is 13.2 Å². The normalized spacial score (nSPS) is 16.7. The zero-order chi connectivity index (χ0) is 22.8. The van der Waals surface area contributed by atoms with E-state index < -0.39 is 10.0 Å². The van der Waals surface area contributed by atoms with Gasteiger partial charge in [0.25, 0.3) is 5.91 Å². The summed E-state index contributed by atoms with van der Waals surface area (Å²) in [6.07, 6.45) is 3.10. The van der Waals surface area contributed by atoms with Crippen LogP contribution in [0.15, 0.2) is 29.2 Å². The highest BCUT2D eigenvalue weighted by atomic mass is 32.2. The van der Waals surface area contributed by atoms with Crippen LogP contribution in [0.5, 0.6) is 0 Å². The fourth-order valence-corrected chi connectivity index (χ4v) is 6.71. The molecule has 1 aromatic heterocycles. The molecule has 0 aliphatic heterocycles. The Kier molecular flexibility index (Phi) is 7.55. The van der Waals surface area contributed by atoms with Crippen LogP contribution in [-0.4, -0.2) is 36.7 Å². The predicted molar refractivity (Wildman–Crippen MR) is 126 cm³/mol. The first-order valence-electron chi connectivity index (χ1n) is 11.0. The Morgan fingerprint density at radius 2 is 1.77 bits per heavy atom. The summed E-state index contributed by atoms with van der Waals surface area (Å²) in [4.78, 5) is 18.7. The highest BCUT2D eigenvalue weighted by molar-refractivity contribution is 7.89. The quantitative estimate of drug-likeness (QED) is 0.608. The number of benzene rings is 1. The molecule has 1 aliphatic rings. The summed E-state index contributed by atoms with van der Waals surface area (Å²) in [5, 5.41) is 3.48. The molecule has 1 atom stereocenters. The van der Waals surface area contributed by atoms with E-state index in [1.165, 1.54) is 28.3 Å². The summed E-state index contributed by atoms with van der Waals surface area (Å²) in [7, 11) is -3.61. The molecule has 1 N–H and O–H groups in total. The van der Waals surface area contributed by atoms with E-state index in [1.807, 2.05) is 27.7 Å². The van der Waals surface area contributed by atoms with Crippen molar-refractivity contribution in [3.8, 4) is 0 Å². The summed E-state index contributed by atoms with van der Waals surface area (Å²) in [6.45, 7) is 11.2. The van der Waals surface area contributed by atoms with Gasteiger partial charge in [0.05, 0.1) is 10.6 Å². The van der Waals surface area contributed by atoms with Crippen LogP contribution in [0.25, 0.3) is 0 Å². The molecule has 31 heavy (non-hydrogen) atoms. The number of carbonyl (C=O) groups excluding carboxylic acids is 1. The smallest absolute Gasteiger partial charge is 0.257 e. The Hall–Kier alpha value is -1.77. The van der Waals surface area contributed by atoms with Gasteiger partial charge >= 0.3 is 0 Å². The van der Waals surface area contributed by atoms with Crippen molar-refractivity contribution in [2.45, 2.75) is 58.8 Å². The standard InChI is InChI=1S/C23H33N3O3S2/c1-15(2)13-26(14-16(3)4)31(28,29)19-9-7-18(8-10-19)22(27)25-23-24-20-11-6-17(5)12-21(20)30-23/h7-10,15-17H,6,11-14H2,1-5H3,(H,24,25,27)/t17-/m1/s1. The first-order valence-corrected chi connectivity index (χ1v) is 13.2. The van der Waals surface area contributed by atoms with Crippen molar-refractivity contribution in [1.29, 1.82) is 0 Å². The van der Waals surface area contributed by atoms with Gasteiger partial charge < -0.3 is 0 Å². The number of rotatable bonds is 8. The first-order chi connectivity index (χ1) is 14.6. The minimum absolute atomic E-state index is 0.212.